The van der Waals surface area contributed by atoms with E-state index in [1.165, 1.54) is 0 Å². The number of nitrogens with two attached hydrogens (primary N) is 1. The Kier molecular flexibility index (Phi) is 5.82. The molecule has 0 spiro atoms. The van der Waals surface area contributed by atoms with Gasteiger partial charge in [0, 0.05) is 12.0 Å². The Labute approximate surface area is 171 Å². The van der Waals surface area contributed by atoms with E-state index >= 15 is 0 Å². The fourth-order valence-corrected chi connectivity index (χ4v) is 3.08. The van der Waals surface area contributed by atoms with Gasteiger partial charge in [-0.25, -0.2) is 0 Å². The van der Waals surface area contributed by atoms with Crippen LogP contribution in [0.2, 0.25) is 0 Å². The maximum Gasteiger partial charge on any atom is 0.494 e. The van der Waals surface area contributed by atoms with Gasteiger partial charge >= 0.3 is 7.12 Å². The van der Waals surface area contributed by atoms with Gasteiger partial charge in [0.2, 0.25) is 5.91 Å². The van der Waals surface area contributed by atoms with Gasteiger partial charge in [0.05, 0.1) is 11.2 Å². The van der Waals surface area contributed by atoms with Crippen molar-refractivity contribution in [2.24, 2.45) is 5.73 Å². The Bertz CT molecular complexity index is 865. The SMILES string of the molecule is CC1(C)OB(c2ccc(C[C@H](NC(=O)c3ccccc3)C(N)=O)cc2)OC1(C)C. The summed E-state index contributed by atoms with van der Waals surface area (Å²) in [5.74, 6) is -0.910. The Balaban J connectivity index is 1.67. The monoisotopic (exact) mass is 394 g/mol. The smallest absolute Gasteiger partial charge is 0.399 e. The zero-order valence-electron chi connectivity index (χ0n) is 17.3. The highest BCUT2D eigenvalue weighted by atomic mass is 16.7. The summed E-state index contributed by atoms with van der Waals surface area (Å²) in [5, 5.41) is 2.71. The minimum Gasteiger partial charge on any atom is -0.399 e. The van der Waals surface area contributed by atoms with Crippen molar-refractivity contribution in [1.29, 1.82) is 0 Å². The number of primary amides is 1. The molecule has 0 radical (unpaired) electrons. The normalized spacial score (nSPS) is 18.3. The quantitative estimate of drug-likeness (QED) is 0.732. The lowest BCUT2D eigenvalue weighted by molar-refractivity contribution is -0.119. The Morgan fingerprint density at radius 3 is 2.03 bits per heavy atom. The highest BCUT2D eigenvalue weighted by molar-refractivity contribution is 6.62. The van der Waals surface area contributed by atoms with E-state index in [4.69, 9.17) is 15.0 Å². The second-order valence-electron chi connectivity index (χ2n) is 8.33. The molecule has 0 bridgehead atoms. The van der Waals surface area contributed by atoms with E-state index < -0.39 is 30.3 Å². The first-order valence-corrected chi connectivity index (χ1v) is 9.69. The van der Waals surface area contributed by atoms with Gasteiger partial charge in [0.15, 0.2) is 0 Å². The minimum atomic E-state index is -0.801. The van der Waals surface area contributed by atoms with Crippen molar-refractivity contribution in [3.05, 3.63) is 65.7 Å². The lowest BCUT2D eigenvalue weighted by Crippen LogP contribution is -2.45. The first kappa shape index (κ1) is 21.1. The summed E-state index contributed by atoms with van der Waals surface area (Å²) in [6.07, 6.45) is 0.303. The van der Waals surface area contributed by atoms with Crippen LogP contribution < -0.4 is 16.5 Å². The Hall–Kier alpha value is -2.64. The van der Waals surface area contributed by atoms with Gasteiger partial charge in [-0.3, -0.25) is 9.59 Å². The molecule has 7 heteroatoms. The lowest BCUT2D eigenvalue weighted by Gasteiger charge is -2.32. The van der Waals surface area contributed by atoms with E-state index in [0.29, 0.717) is 12.0 Å². The summed E-state index contributed by atoms with van der Waals surface area (Å²) >= 11 is 0. The maximum atomic E-state index is 12.3. The molecule has 1 aliphatic rings. The van der Waals surface area contributed by atoms with E-state index in [2.05, 4.69) is 5.32 Å². The Morgan fingerprint density at radius 1 is 0.966 bits per heavy atom. The average molecular weight is 394 g/mol. The summed E-state index contributed by atoms with van der Waals surface area (Å²) < 4.78 is 12.1. The van der Waals surface area contributed by atoms with Crippen LogP contribution in [-0.4, -0.2) is 36.2 Å². The van der Waals surface area contributed by atoms with Crippen LogP contribution in [0.15, 0.2) is 54.6 Å². The molecule has 152 valence electrons. The maximum absolute atomic E-state index is 12.3. The van der Waals surface area contributed by atoms with Gasteiger partial charge in [0.25, 0.3) is 5.91 Å². The molecular formula is C22H27BN2O4. The molecule has 29 heavy (non-hydrogen) atoms. The van der Waals surface area contributed by atoms with Crippen molar-refractivity contribution in [2.45, 2.75) is 51.4 Å². The lowest BCUT2D eigenvalue weighted by atomic mass is 9.78. The second-order valence-corrected chi connectivity index (χ2v) is 8.33. The van der Waals surface area contributed by atoms with E-state index in [0.717, 1.165) is 11.0 Å². The zero-order chi connectivity index (χ0) is 21.2. The van der Waals surface area contributed by atoms with Gasteiger partial charge < -0.3 is 20.4 Å². The van der Waals surface area contributed by atoms with Crippen molar-refractivity contribution < 1.29 is 18.9 Å². The van der Waals surface area contributed by atoms with Gasteiger partial charge in [-0.05, 0) is 50.9 Å². The molecule has 3 rings (SSSR count). The van der Waals surface area contributed by atoms with E-state index in [1.807, 2.05) is 58.0 Å². The summed E-state index contributed by atoms with van der Waals surface area (Å²) in [5.41, 5.74) is 6.95. The highest BCUT2D eigenvalue weighted by Gasteiger charge is 2.51. The molecule has 1 atom stereocenters. The first-order valence-electron chi connectivity index (χ1n) is 9.69. The van der Waals surface area contributed by atoms with Crippen LogP contribution >= 0.6 is 0 Å². The topological polar surface area (TPSA) is 90.6 Å². The van der Waals surface area contributed by atoms with Crippen LogP contribution in [-0.2, 0) is 20.5 Å². The largest absolute Gasteiger partial charge is 0.494 e. The molecule has 1 aliphatic heterocycles. The van der Waals surface area contributed by atoms with Crippen LogP contribution in [0.25, 0.3) is 0 Å². The van der Waals surface area contributed by atoms with Gasteiger partial charge in [-0.15, -0.1) is 0 Å². The summed E-state index contributed by atoms with van der Waals surface area (Å²) in [6, 6.07) is 15.5. The number of benzene rings is 2. The third-order valence-corrected chi connectivity index (χ3v) is 5.63. The Morgan fingerprint density at radius 2 is 1.52 bits per heavy atom. The molecule has 3 N–H and O–H groups in total. The number of amides is 2. The molecule has 0 aliphatic carbocycles. The van der Waals surface area contributed by atoms with Crippen LogP contribution in [0.1, 0.15) is 43.6 Å². The fraction of sp³-hybridized carbons (Fsp3) is 0.364. The molecule has 1 saturated heterocycles. The predicted molar refractivity (Wildman–Crippen MR) is 113 cm³/mol. The zero-order valence-corrected chi connectivity index (χ0v) is 17.3. The third kappa shape index (κ3) is 4.69. The molecule has 1 fully saturated rings. The molecule has 2 amide bonds. The standard InChI is InChI=1S/C22H27BN2O4/c1-21(2)22(3,4)29-23(28-21)17-12-10-15(11-13-17)14-18(19(24)26)25-20(27)16-8-6-5-7-9-16/h5-13,18H,14H2,1-4H3,(H2,24,26)(H,25,27)/t18-/m0/s1. The van der Waals surface area contributed by atoms with Crippen molar-refractivity contribution in [2.75, 3.05) is 0 Å². The number of nitrogens with one attached hydrogen (secondary N) is 1. The molecule has 1 heterocycles. The molecule has 2 aromatic carbocycles. The second kappa shape index (κ2) is 8.01. The van der Waals surface area contributed by atoms with E-state index in [1.54, 1.807) is 24.3 Å². The molecule has 6 nitrogen and oxygen atoms in total. The van der Waals surface area contributed by atoms with Crippen LogP contribution in [0.5, 0.6) is 0 Å². The number of rotatable bonds is 6. The summed E-state index contributed by atoms with van der Waals surface area (Å²) in [7, 11) is -0.446. The molecule has 0 unspecified atom stereocenters. The number of carbonyl (C=O) groups is 2. The van der Waals surface area contributed by atoms with Gasteiger partial charge in [0.1, 0.15) is 6.04 Å². The average Bonchev–Trinajstić information content (AvgIpc) is 2.89. The number of carbonyl (C=O) groups excluding carboxylic acids is 2. The van der Waals surface area contributed by atoms with Crippen LogP contribution in [0.3, 0.4) is 0 Å². The molecule has 2 aromatic rings. The number of hydrogen-bond acceptors (Lipinski definition) is 4. The van der Waals surface area contributed by atoms with Crippen molar-refractivity contribution >= 4 is 24.4 Å². The fourth-order valence-electron chi connectivity index (χ4n) is 3.08. The van der Waals surface area contributed by atoms with Crippen LogP contribution in [0, 0.1) is 0 Å². The summed E-state index contributed by atoms with van der Waals surface area (Å²) in [6.45, 7) is 8.03. The molecule has 0 saturated carbocycles. The minimum absolute atomic E-state index is 0.303. The molecule has 0 aromatic heterocycles. The third-order valence-electron chi connectivity index (χ3n) is 5.63. The van der Waals surface area contributed by atoms with E-state index in [9.17, 15) is 9.59 Å². The highest BCUT2D eigenvalue weighted by Crippen LogP contribution is 2.36. The van der Waals surface area contributed by atoms with E-state index in [-0.39, 0.29) is 5.91 Å². The van der Waals surface area contributed by atoms with Gasteiger partial charge in [-0.2, -0.15) is 0 Å². The summed E-state index contributed by atoms with van der Waals surface area (Å²) in [4.78, 5) is 24.2. The number of hydrogen-bond donors (Lipinski definition) is 2. The van der Waals surface area contributed by atoms with Crippen molar-refractivity contribution in [3.8, 4) is 0 Å². The van der Waals surface area contributed by atoms with Crippen molar-refractivity contribution in [1.82, 2.24) is 5.32 Å². The van der Waals surface area contributed by atoms with Crippen LogP contribution in [0.4, 0.5) is 0 Å². The van der Waals surface area contributed by atoms with Crippen molar-refractivity contribution in [3.63, 3.8) is 0 Å². The molecular weight excluding hydrogens is 367 g/mol. The van der Waals surface area contributed by atoms with Gasteiger partial charge in [-0.1, -0.05) is 42.5 Å². The first-order chi connectivity index (χ1) is 13.6. The predicted octanol–water partition coefficient (Wildman–Crippen LogP) is 1.81.